The lowest BCUT2D eigenvalue weighted by atomic mass is 10.1. The summed E-state index contributed by atoms with van der Waals surface area (Å²) in [4.78, 5) is 7.71. The number of nitrogens with one attached hydrogen (secondary N) is 1. The van der Waals surface area contributed by atoms with Gasteiger partial charge in [0.25, 0.3) is 0 Å². The van der Waals surface area contributed by atoms with Crippen LogP contribution in [0.15, 0.2) is 28.8 Å². The zero-order valence-corrected chi connectivity index (χ0v) is 9.40. The van der Waals surface area contributed by atoms with Gasteiger partial charge in [0, 0.05) is 18.1 Å². The minimum atomic E-state index is 0.318. The maximum absolute atomic E-state index is 5.50. The van der Waals surface area contributed by atoms with E-state index < -0.39 is 0 Å². The molecule has 0 aliphatic heterocycles. The molecule has 5 nitrogen and oxygen atoms in total. The summed E-state index contributed by atoms with van der Waals surface area (Å²) in [5, 5.41) is 3.89. The zero-order chi connectivity index (χ0) is 11.8. The van der Waals surface area contributed by atoms with E-state index in [0.717, 1.165) is 34.5 Å². The van der Waals surface area contributed by atoms with Crippen molar-refractivity contribution in [2.24, 2.45) is 0 Å². The number of nitrogens with zero attached hydrogens (tertiary/aromatic N) is 2. The fraction of sp³-hybridized carbons (Fsp3) is 0.167. The number of anilines is 1. The first-order valence-corrected chi connectivity index (χ1v) is 5.47. The molecule has 2 heterocycles. The van der Waals surface area contributed by atoms with E-state index in [9.17, 15) is 0 Å². The minimum Gasteiger partial charge on any atom is -0.368 e. The number of aromatic amines is 1. The maximum Gasteiger partial charge on any atom is 0.222 e. The molecule has 0 saturated heterocycles. The molecule has 0 fully saturated rings. The second-order valence-electron chi connectivity index (χ2n) is 3.88. The molecule has 2 aromatic heterocycles. The molecule has 3 rings (SSSR count). The number of nitrogen functional groups attached to an aromatic ring is 1. The van der Waals surface area contributed by atoms with E-state index in [2.05, 4.69) is 22.0 Å². The van der Waals surface area contributed by atoms with Crippen LogP contribution in [-0.4, -0.2) is 15.1 Å². The van der Waals surface area contributed by atoms with Gasteiger partial charge in [-0.3, -0.25) is 0 Å². The van der Waals surface area contributed by atoms with Crippen LogP contribution in [0.3, 0.4) is 0 Å². The summed E-state index contributed by atoms with van der Waals surface area (Å²) in [5.41, 5.74) is 9.16. The van der Waals surface area contributed by atoms with Gasteiger partial charge in [0.2, 0.25) is 5.88 Å². The quantitative estimate of drug-likeness (QED) is 0.705. The molecule has 3 N–H and O–H groups in total. The predicted octanol–water partition coefficient (Wildman–Crippen LogP) is 2.36. The van der Waals surface area contributed by atoms with Crippen LogP contribution < -0.4 is 5.73 Å². The third kappa shape index (κ3) is 1.65. The van der Waals surface area contributed by atoms with Gasteiger partial charge in [0.1, 0.15) is 11.5 Å². The van der Waals surface area contributed by atoms with Gasteiger partial charge in [0.05, 0.1) is 11.0 Å². The number of aromatic nitrogens is 3. The van der Waals surface area contributed by atoms with Crippen LogP contribution in [0.5, 0.6) is 0 Å². The summed E-state index contributed by atoms with van der Waals surface area (Å²) < 4.78 is 4.86. The monoisotopic (exact) mass is 228 g/mol. The molecule has 17 heavy (non-hydrogen) atoms. The van der Waals surface area contributed by atoms with Crippen LogP contribution in [0.4, 0.5) is 5.88 Å². The molecule has 0 aliphatic carbocycles. The summed E-state index contributed by atoms with van der Waals surface area (Å²) in [5.74, 6) is 1.30. The number of hydrogen-bond acceptors (Lipinski definition) is 4. The van der Waals surface area contributed by atoms with Crippen molar-refractivity contribution in [2.45, 2.75) is 13.3 Å². The van der Waals surface area contributed by atoms with Crippen LogP contribution in [0.25, 0.3) is 22.3 Å². The van der Waals surface area contributed by atoms with Gasteiger partial charge in [-0.05, 0) is 12.1 Å². The second kappa shape index (κ2) is 3.62. The molecule has 86 valence electrons. The Kier molecular flexibility index (Phi) is 2.11. The number of H-pyrrole nitrogens is 1. The van der Waals surface area contributed by atoms with E-state index in [1.807, 2.05) is 18.2 Å². The highest BCUT2D eigenvalue weighted by Crippen LogP contribution is 2.23. The summed E-state index contributed by atoms with van der Waals surface area (Å²) in [6, 6.07) is 7.63. The Bertz CT molecular complexity index is 668. The molecular weight excluding hydrogens is 216 g/mol. The van der Waals surface area contributed by atoms with Gasteiger partial charge in [0.15, 0.2) is 0 Å². The average molecular weight is 228 g/mol. The van der Waals surface area contributed by atoms with Crippen molar-refractivity contribution in [1.29, 1.82) is 0 Å². The maximum atomic E-state index is 5.50. The van der Waals surface area contributed by atoms with Gasteiger partial charge in [-0.1, -0.05) is 18.1 Å². The van der Waals surface area contributed by atoms with Crippen molar-refractivity contribution in [3.8, 4) is 11.3 Å². The lowest BCUT2D eigenvalue weighted by Gasteiger charge is -1.94. The first kappa shape index (κ1) is 9.89. The third-order valence-corrected chi connectivity index (χ3v) is 2.69. The van der Waals surface area contributed by atoms with Crippen molar-refractivity contribution < 1.29 is 4.52 Å². The highest BCUT2D eigenvalue weighted by atomic mass is 16.5. The average Bonchev–Trinajstić information content (AvgIpc) is 2.93. The largest absolute Gasteiger partial charge is 0.368 e. The normalized spacial score (nSPS) is 11.1. The molecule has 0 aliphatic rings. The van der Waals surface area contributed by atoms with Gasteiger partial charge in [-0.2, -0.15) is 0 Å². The summed E-state index contributed by atoms with van der Waals surface area (Å²) in [7, 11) is 0. The lowest BCUT2D eigenvalue weighted by molar-refractivity contribution is 0.439. The van der Waals surface area contributed by atoms with E-state index in [1.54, 1.807) is 6.07 Å². The predicted molar refractivity (Wildman–Crippen MR) is 65.4 cm³/mol. The van der Waals surface area contributed by atoms with Crippen molar-refractivity contribution in [3.63, 3.8) is 0 Å². The van der Waals surface area contributed by atoms with E-state index in [0.29, 0.717) is 5.88 Å². The van der Waals surface area contributed by atoms with Gasteiger partial charge in [-0.25, -0.2) is 4.98 Å². The standard InChI is InChI=1S/C12H12N4O/c1-2-12-14-8-4-3-7(5-10(8)15-12)9-6-11(13)17-16-9/h3-6H,2,13H2,1H3,(H,14,15). The lowest BCUT2D eigenvalue weighted by Crippen LogP contribution is -1.79. The van der Waals surface area contributed by atoms with Crippen molar-refractivity contribution >= 4 is 16.9 Å². The highest BCUT2D eigenvalue weighted by Gasteiger charge is 2.07. The number of hydrogen-bond donors (Lipinski definition) is 2. The van der Waals surface area contributed by atoms with Gasteiger partial charge >= 0.3 is 0 Å². The zero-order valence-electron chi connectivity index (χ0n) is 9.40. The topological polar surface area (TPSA) is 80.7 Å². The molecule has 0 amide bonds. The Morgan fingerprint density at radius 2 is 2.24 bits per heavy atom. The summed E-state index contributed by atoms with van der Waals surface area (Å²) in [6.45, 7) is 2.07. The summed E-state index contributed by atoms with van der Waals surface area (Å²) in [6.07, 6.45) is 0.890. The van der Waals surface area contributed by atoms with E-state index >= 15 is 0 Å². The number of imidazole rings is 1. The molecular formula is C12H12N4O. The molecule has 3 aromatic rings. The van der Waals surface area contributed by atoms with Crippen LogP contribution in [-0.2, 0) is 6.42 Å². The molecule has 0 radical (unpaired) electrons. The molecule has 5 heteroatoms. The first-order valence-electron chi connectivity index (χ1n) is 5.47. The SMILES string of the molecule is CCc1nc2ccc(-c3cc(N)on3)cc2[nH]1. The first-order chi connectivity index (χ1) is 8.26. The van der Waals surface area contributed by atoms with Gasteiger partial charge in [-0.15, -0.1) is 0 Å². The molecule has 0 atom stereocenters. The summed E-state index contributed by atoms with van der Waals surface area (Å²) >= 11 is 0. The van der Waals surface area contributed by atoms with Crippen molar-refractivity contribution in [3.05, 3.63) is 30.1 Å². The highest BCUT2D eigenvalue weighted by molar-refractivity contribution is 5.81. The number of benzene rings is 1. The van der Waals surface area contributed by atoms with E-state index in [-0.39, 0.29) is 0 Å². The Labute approximate surface area is 97.6 Å². The fourth-order valence-electron chi connectivity index (χ4n) is 1.81. The molecule has 0 unspecified atom stereocenters. The Morgan fingerprint density at radius 1 is 1.35 bits per heavy atom. The fourth-order valence-corrected chi connectivity index (χ4v) is 1.81. The van der Waals surface area contributed by atoms with Crippen molar-refractivity contribution in [1.82, 2.24) is 15.1 Å². The molecule has 1 aromatic carbocycles. The van der Waals surface area contributed by atoms with Crippen LogP contribution in [0.2, 0.25) is 0 Å². The smallest absolute Gasteiger partial charge is 0.222 e. The molecule has 0 saturated carbocycles. The Balaban J connectivity index is 2.12. The van der Waals surface area contributed by atoms with Crippen LogP contribution in [0, 0.1) is 0 Å². The Hall–Kier alpha value is -2.30. The van der Waals surface area contributed by atoms with Crippen LogP contribution >= 0.6 is 0 Å². The number of aryl methyl sites for hydroxylation is 1. The van der Waals surface area contributed by atoms with Crippen molar-refractivity contribution in [2.75, 3.05) is 5.73 Å². The van der Waals surface area contributed by atoms with E-state index in [1.165, 1.54) is 0 Å². The minimum absolute atomic E-state index is 0.318. The Morgan fingerprint density at radius 3 is 2.94 bits per heavy atom. The number of nitrogens with two attached hydrogens (primary N) is 1. The third-order valence-electron chi connectivity index (χ3n) is 2.69. The second-order valence-corrected chi connectivity index (χ2v) is 3.88. The molecule has 0 bridgehead atoms. The van der Waals surface area contributed by atoms with Crippen LogP contribution in [0.1, 0.15) is 12.7 Å². The van der Waals surface area contributed by atoms with Gasteiger partial charge < -0.3 is 15.2 Å². The number of rotatable bonds is 2. The molecule has 0 spiro atoms. The van der Waals surface area contributed by atoms with E-state index in [4.69, 9.17) is 10.3 Å². The number of fused-ring (bicyclic) bond motifs is 1.